The normalized spacial score (nSPS) is 8.76. The first-order chi connectivity index (χ1) is 8.09. The van der Waals surface area contributed by atoms with Gasteiger partial charge in [-0.25, -0.2) is 4.79 Å². The van der Waals surface area contributed by atoms with Gasteiger partial charge in [-0.3, -0.25) is 0 Å². The maximum atomic E-state index is 9.61. The van der Waals surface area contributed by atoms with Crippen molar-refractivity contribution in [1.29, 1.82) is 5.26 Å². The summed E-state index contributed by atoms with van der Waals surface area (Å²) in [6, 6.07) is 1.37. The number of nitriles is 1. The van der Waals surface area contributed by atoms with Gasteiger partial charge in [0, 0.05) is 0 Å². The molecule has 7 nitrogen and oxygen atoms in total. The van der Waals surface area contributed by atoms with E-state index in [1.165, 1.54) is 6.07 Å². The first kappa shape index (κ1) is 17.9. The fraction of sp³-hybridized carbons (Fsp3) is 0.600. The topological polar surface area (TPSA) is 120 Å². The second-order valence-corrected chi connectivity index (χ2v) is 2.57. The fourth-order valence-corrected chi connectivity index (χ4v) is 0.499. The van der Waals surface area contributed by atoms with Gasteiger partial charge in [-0.15, -0.1) is 0 Å². The number of aliphatic hydroxyl groups is 2. The maximum absolute atomic E-state index is 9.61. The molecule has 0 aliphatic heterocycles. The first-order valence-corrected chi connectivity index (χ1v) is 4.79. The van der Waals surface area contributed by atoms with Crippen molar-refractivity contribution in [2.45, 2.75) is 0 Å². The molecule has 0 fully saturated rings. The van der Waals surface area contributed by atoms with E-state index in [2.05, 4.69) is 6.58 Å². The fourth-order valence-electron chi connectivity index (χ4n) is 0.499. The zero-order valence-corrected chi connectivity index (χ0v) is 9.46. The second kappa shape index (κ2) is 14.5. The number of carboxylic acid groups (broad SMARTS) is 1. The number of rotatable bonds is 8. The van der Waals surface area contributed by atoms with Crippen LogP contribution >= 0.6 is 0 Å². The molecule has 0 rings (SSSR count). The zero-order valence-electron chi connectivity index (χ0n) is 9.46. The number of aliphatic carboxylic acids is 1. The largest absolute Gasteiger partial charge is 0.477 e. The van der Waals surface area contributed by atoms with E-state index < -0.39 is 11.5 Å². The van der Waals surface area contributed by atoms with E-state index in [0.29, 0.717) is 26.4 Å². The molecule has 0 saturated carbocycles. The monoisotopic (exact) mass is 247 g/mol. The number of ether oxygens (including phenoxy) is 2. The number of nitrogens with zero attached hydrogens (tertiary/aromatic N) is 1. The Hall–Kier alpha value is -1.46. The number of aliphatic hydroxyl groups excluding tert-OH is 2. The van der Waals surface area contributed by atoms with Crippen molar-refractivity contribution in [3.63, 3.8) is 0 Å². The molecule has 0 spiro atoms. The third-order valence-electron chi connectivity index (χ3n) is 1.24. The lowest BCUT2D eigenvalue weighted by Gasteiger charge is -2.01. The van der Waals surface area contributed by atoms with Crippen molar-refractivity contribution in [2.24, 2.45) is 0 Å². The average Bonchev–Trinajstić information content (AvgIpc) is 2.33. The van der Waals surface area contributed by atoms with Crippen LogP contribution in [0.25, 0.3) is 0 Å². The van der Waals surface area contributed by atoms with Crippen LogP contribution in [0.1, 0.15) is 0 Å². The van der Waals surface area contributed by atoms with Crippen molar-refractivity contribution in [2.75, 3.05) is 39.6 Å². The molecule has 0 aromatic carbocycles. The number of carbonyl (C=O) groups is 1. The van der Waals surface area contributed by atoms with Crippen molar-refractivity contribution in [1.82, 2.24) is 0 Å². The predicted octanol–water partition coefficient (Wildman–Crippen LogP) is -0.845. The Morgan fingerprint density at radius 1 is 1.12 bits per heavy atom. The highest BCUT2D eigenvalue weighted by molar-refractivity contribution is 5.90. The van der Waals surface area contributed by atoms with E-state index in [4.69, 9.17) is 30.1 Å². The summed E-state index contributed by atoms with van der Waals surface area (Å²) < 4.78 is 9.75. The number of hydrogen-bond acceptors (Lipinski definition) is 6. The van der Waals surface area contributed by atoms with Crippen molar-refractivity contribution < 1.29 is 29.6 Å². The van der Waals surface area contributed by atoms with E-state index in [9.17, 15) is 4.79 Å². The van der Waals surface area contributed by atoms with Gasteiger partial charge in [0.05, 0.1) is 39.6 Å². The molecular formula is C10H17NO6. The van der Waals surface area contributed by atoms with Crippen LogP contribution in [0.5, 0.6) is 0 Å². The lowest BCUT2D eigenvalue weighted by atomic mass is 10.4. The van der Waals surface area contributed by atoms with Crippen LogP contribution < -0.4 is 0 Å². The Morgan fingerprint density at radius 3 is 1.71 bits per heavy atom. The van der Waals surface area contributed by atoms with Crippen LogP contribution in [-0.4, -0.2) is 60.9 Å². The molecule has 0 aromatic rings. The molecule has 0 aromatic heterocycles. The van der Waals surface area contributed by atoms with E-state index in [1.54, 1.807) is 0 Å². The van der Waals surface area contributed by atoms with Gasteiger partial charge in [-0.05, 0) is 0 Å². The van der Waals surface area contributed by atoms with Crippen molar-refractivity contribution in [3.05, 3.63) is 12.2 Å². The summed E-state index contributed by atoms with van der Waals surface area (Å²) in [6.45, 7) is 4.64. The molecule has 0 radical (unpaired) electrons. The first-order valence-electron chi connectivity index (χ1n) is 4.79. The standard InChI is InChI=1S/C6H14O4.C4H3NO2/c7-1-3-9-5-6-10-4-2-8;1-3(2-5)4(6)7/h7-8H,1-6H2;1H2,(H,6,7). The minimum absolute atomic E-state index is 0.0417. The molecule has 17 heavy (non-hydrogen) atoms. The van der Waals surface area contributed by atoms with E-state index >= 15 is 0 Å². The summed E-state index contributed by atoms with van der Waals surface area (Å²) in [5.74, 6) is -1.26. The van der Waals surface area contributed by atoms with E-state index in [1.807, 2.05) is 0 Å². The van der Waals surface area contributed by atoms with Crippen LogP contribution in [-0.2, 0) is 14.3 Å². The van der Waals surface area contributed by atoms with Gasteiger partial charge in [-0.1, -0.05) is 6.58 Å². The molecule has 0 heterocycles. The summed E-state index contributed by atoms with van der Waals surface area (Å²) in [4.78, 5) is 9.61. The molecule has 7 heteroatoms. The molecule has 0 saturated heterocycles. The van der Waals surface area contributed by atoms with Gasteiger partial charge < -0.3 is 24.8 Å². The third-order valence-corrected chi connectivity index (χ3v) is 1.24. The highest BCUT2D eigenvalue weighted by atomic mass is 16.5. The lowest BCUT2D eigenvalue weighted by molar-refractivity contribution is -0.132. The SMILES string of the molecule is C=C(C#N)C(=O)O.OCCOCCOCCO. The molecular weight excluding hydrogens is 230 g/mol. The second-order valence-electron chi connectivity index (χ2n) is 2.57. The molecule has 0 atom stereocenters. The Morgan fingerprint density at radius 2 is 1.53 bits per heavy atom. The van der Waals surface area contributed by atoms with Gasteiger partial charge in [0.2, 0.25) is 0 Å². The summed E-state index contributed by atoms with van der Waals surface area (Å²) >= 11 is 0. The Balaban J connectivity index is 0. The van der Waals surface area contributed by atoms with Crippen LogP contribution in [0, 0.1) is 11.3 Å². The van der Waals surface area contributed by atoms with Crippen LogP contribution in [0.4, 0.5) is 0 Å². The highest BCUT2D eigenvalue weighted by Gasteiger charge is 1.97. The molecule has 0 unspecified atom stereocenters. The molecule has 0 aliphatic carbocycles. The molecule has 98 valence electrons. The van der Waals surface area contributed by atoms with Crippen molar-refractivity contribution >= 4 is 5.97 Å². The van der Waals surface area contributed by atoms with Gasteiger partial charge in [-0.2, -0.15) is 5.26 Å². The molecule has 0 amide bonds. The van der Waals surface area contributed by atoms with Crippen LogP contribution in [0.2, 0.25) is 0 Å². The van der Waals surface area contributed by atoms with E-state index in [-0.39, 0.29) is 13.2 Å². The predicted molar refractivity (Wildman–Crippen MR) is 58.2 cm³/mol. The van der Waals surface area contributed by atoms with Gasteiger partial charge in [0.25, 0.3) is 0 Å². The highest BCUT2D eigenvalue weighted by Crippen LogP contribution is 1.81. The Labute approximate surface area is 99.5 Å². The third kappa shape index (κ3) is 17.2. The van der Waals surface area contributed by atoms with Crippen LogP contribution in [0.3, 0.4) is 0 Å². The quantitative estimate of drug-likeness (QED) is 0.290. The zero-order chi connectivity index (χ0) is 13.5. The van der Waals surface area contributed by atoms with Gasteiger partial charge >= 0.3 is 5.97 Å². The number of hydrogen-bond donors (Lipinski definition) is 3. The molecule has 3 N–H and O–H groups in total. The average molecular weight is 247 g/mol. The van der Waals surface area contributed by atoms with Gasteiger partial charge in [0.1, 0.15) is 11.6 Å². The lowest BCUT2D eigenvalue weighted by Crippen LogP contribution is -2.09. The molecule has 0 aliphatic rings. The Kier molecular flexibility index (Phi) is 15.3. The maximum Gasteiger partial charge on any atom is 0.345 e. The van der Waals surface area contributed by atoms with Crippen LogP contribution in [0.15, 0.2) is 12.2 Å². The summed E-state index contributed by atoms with van der Waals surface area (Å²) in [5, 5.41) is 32.2. The summed E-state index contributed by atoms with van der Waals surface area (Å²) in [7, 11) is 0. The minimum Gasteiger partial charge on any atom is -0.477 e. The van der Waals surface area contributed by atoms with E-state index in [0.717, 1.165) is 0 Å². The van der Waals surface area contributed by atoms with Gasteiger partial charge in [0.15, 0.2) is 0 Å². The molecule has 0 bridgehead atoms. The minimum atomic E-state index is -1.26. The Bertz CT molecular complexity index is 240. The van der Waals surface area contributed by atoms with Crippen molar-refractivity contribution in [3.8, 4) is 6.07 Å². The summed E-state index contributed by atoms with van der Waals surface area (Å²) in [5.41, 5.74) is -0.431. The summed E-state index contributed by atoms with van der Waals surface area (Å²) in [6.07, 6.45) is 0. The number of carboxylic acids is 1. The smallest absolute Gasteiger partial charge is 0.345 e.